The first kappa shape index (κ1) is 20.3. The Morgan fingerprint density at radius 1 is 1.00 bits per heavy atom. The highest BCUT2D eigenvalue weighted by atomic mass is 32.2. The molecular weight excluding hydrogens is 390 g/mol. The van der Waals surface area contributed by atoms with Gasteiger partial charge in [-0.25, -0.2) is 13.1 Å². The van der Waals surface area contributed by atoms with Gasteiger partial charge in [-0.05, 0) is 45.0 Å². The van der Waals surface area contributed by atoms with Crippen molar-refractivity contribution in [2.45, 2.75) is 25.7 Å². The lowest BCUT2D eigenvalue weighted by molar-refractivity contribution is 0.104. The number of anilines is 2. The Hall–Kier alpha value is -3.39. The molecule has 0 unspecified atom stereocenters. The van der Waals surface area contributed by atoms with E-state index in [0.29, 0.717) is 22.5 Å². The first-order valence-corrected chi connectivity index (χ1v) is 10.3. The fourth-order valence-corrected chi connectivity index (χ4v) is 3.50. The van der Waals surface area contributed by atoms with Crippen molar-refractivity contribution in [3.63, 3.8) is 0 Å². The molecule has 0 aliphatic heterocycles. The number of aryl methyl sites for hydroxylation is 2. The van der Waals surface area contributed by atoms with E-state index in [1.54, 1.807) is 38.1 Å². The molecule has 8 heteroatoms. The van der Waals surface area contributed by atoms with Crippen LogP contribution in [0.4, 0.5) is 11.6 Å². The second kappa shape index (κ2) is 8.32. The van der Waals surface area contributed by atoms with Crippen LogP contribution in [-0.4, -0.2) is 19.4 Å². The van der Waals surface area contributed by atoms with Crippen LogP contribution in [0.5, 0.6) is 0 Å². The number of nitrogens with zero attached hydrogens (tertiary/aromatic N) is 1. The summed E-state index contributed by atoms with van der Waals surface area (Å²) in [6.07, 6.45) is 2.94. The third-order valence-corrected chi connectivity index (χ3v) is 5.72. The molecule has 3 aromatic rings. The number of sulfonamides is 1. The summed E-state index contributed by atoms with van der Waals surface area (Å²) in [7, 11) is -3.80. The zero-order chi connectivity index (χ0) is 21.0. The molecule has 150 valence electrons. The van der Waals surface area contributed by atoms with Gasteiger partial charge in [0.05, 0.1) is 10.6 Å². The van der Waals surface area contributed by atoms with Gasteiger partial charge in [0, 0.05) is 29.1 Å². The lowest BCUT2D eigenvalue weighted by Gasteiger charge is -2.07. The van der Waals surface area contributed by atoms with E-state index >= 15 is 0 Å². The molecule has 0 radical (unpaired) electrons. The van der Waals surface area contributed by atoms with Gasteiger partial charge in [0.25, 0.3) is 10.0 Å². The first-order chi connectivity index (χ1) is 13.8. The van der Waals surface area contributed by atoms with Crippen LogP contribution < -0.4 is 10.0 Å². The van der Waals surface area contributed by atoms with E-state index in [0.717, 1.165) is 5.56 Å². The maximum absolute atomic E-state index is 12.5. The second-order valence-corrected chi connectivity index (χ2v) is 8.24. The number of allylic oxidation sites excluding steroid dienone is 1. The minimum absolute atomic E-state index is 0.0798. The number of ketones is 1. The number of hydrogen-bond donors (Lipinski definition) is 2. The number of carbonyl (C=O) groups excluding carboxylic acids is 1. The summed E-state index contributed by atoms with van der Waals surface area (Å²) in [6.45, 7) is 5.41. The highest BCUT2D eigenvalue weighted by Gasteiger charge is 2.19. The zero-order valence-corrected chi connectivity index (χ0v) is 17.1. The van der Waals surface area contributed by atoms with Gasteiger partial charge in [-0.2, -0.15) is 0 Å². The molecule has 3 rings (SSSR count). The van der Waals surface area contributed by atoms with Gasteiger partial charge in [-0.15, -0.1) is 0 Å². The molecule has 0 spiro atoms. The fraction of sp³-hybridized carbons (Fsp3) is 0.143. The van der Waals surface area contributed by atoms with Crippen molar-refractivity contribution in [1.29, 1.82) is 0 Å². The minimum atomic E-state index is -3.80. The third kappa shape index (κ3) is 4.91. The van der Waals surface area contributed by atoms with E-state index in [-0.39, 0.29) is 16.6 Å². The van der Waals surface area contributed by atoms with E-state index in [1.165, 1.54) is 24.4 Å². The lowest BCUT2D eigenvalue weighted by Crippen LogP contribution is -2.13. The van der Waals surface area contributed by atoms with Crippen molar-refractivity contribution < 1.29 is 17.7 Å². The van der Waals surface area contributed by atoms with Gasteiger partial charge in [0.15, 0.2) is 5.78 Å². The van der Waals surface area contributed by atoms with Crippen molar-refractivity contribution in [3.05, 3.63) is 83.2 Å². The van der Waals surface area contributed by atoms with Crippen molar-refractivity contribution in [1.82, 2.24) is 5.16 Å². The molecule has 0 aliphatic carbocycles. The van der Waals surface area contributed by atoms with Crippen LogP contribution in [0, 0.1) is 20.8 Å². The van der Waals surface area contributed by atoms with Gasteiger partial charge < -0.3 is 9.84 Å². The number of carbonyl (C=O) groups is 1. The minimum Gasteiger partial charge on any atom is -0.362 e. The topological polar surface area (TPSA) is 101 Å². The number of aromatic nitrogens is 1. The molecule has 0 bridgehead atoms. The fourth-order valence-electron chi connectivity index (χ4n) is 2.45. The van der Waals surface area contributed by atoms with Gasteiger partial charge in [-0.3, -0.25) is 4.79 Å². The average molecular weight is 411 g/mol. The van der Waals surface area contributed by atoms with Gasteiger partial charge in [-0.1, -0.05) is 35.0 Å². The van der Waals surface area contributed by atoms with Gasteiger partial charge in [0.1, 0.15) is 0 Å². The molecule has 0 amide bonds. The Morgan fingerprint density at radius 2 is 1.66 bits per heavy atom. The first-order valence-electron chi connectivity index (χ1n) is 8.86. The molecule has 2 N–H and O–H groups in total. The Bertz CT molecular complexity index is 1150. The van der Waals surface area contributed by atoms with Crippen molar-refractivity contribution in [3.8, 4) is 0 Å². The quantitative estimate of drug-likeness (QED) is 0.446. The predicted octanol–water partition coefficient (Wildman–Crippen LogP) is 4.21. The molecular formula is C21H21N3O4S. The van der Waals surface area contributed by atoms with Gasteiger partial charge in [0.2, 0.25) is 5.88 Å². The Morgan fingerprint density at radius 3 is 2.24 bits per heavy atom. The van der Waals surface area contributed by atoms with Crippen LogP contribution in [-0.2, 0) is 10.0 Å². The van der Waals surface area contributed by atoms with Crippen LogP contribution in [0.2, 0.25) is 0 Å². The molecule has 0 atom stereocenters. The van der Waals surface area contributed by atoms with E-state index in [9.17, 15) is 13.2 Å². The SMILES string of the molecule is Cc1ccc(C(=O)C=CNc2ccc(S(=O)(=O)Nc3onc(C)c3C)cc2)cc1. The van der Waals surface area contributed by atoms with E-state index in [1.807, 2.05) is 19.1 Å². The number of rotatable bonds is 7. The lowest BCUT2D eigenvalue weighted by atomic mass is 10.1. The molecule has 0 saturated carbocycles. The molecule has 0 fully saturated rings. The summed E-state index contributed by atoms with van der Waals surface area (Å²) in [4.78, 5) is 12.2. The highest BCUT2D eigenvalue weighted by molar-refractivity contribution is 7.92. The summed E-state index contributed by atoms with van der Waals surface area (Å²) >= 11 is 0. The Labute approximate surface area is 169 Å². The standard InChI is InChI=1S/C21H21N3O4S/c1-14-4-6-17(7-5-14)20(25)12-13-22-18-8-10-19(11-9-18)29(26,27)24-21-15(2)16(3)23-28-21/h4-13,22,24H,1-3H3. The maximum atomic E-state index is 12.5. The summed E-state index contributed by atoms with van der Waals surface area (Å²) in [5, 5.41) is 6.69. The molecule has 29 heavy (non-hydrogen) atoms. The molecule has 0 saturated heterocycles. The predicted molar refractivity (Wildman–Crippen MR) is 111 cm³/mol. The molecule has 1 aromatic heterocycles. The van der Waals surface area contributed by atoms with Crippen LogP contribution in [0.15, 0.2) is 70.2 Å². The maximum Gasteiger partial charge on any atom is 0.264 e. The molecule has 2 aromatic carbocycles. The number of hydrogen-bond acceptors (Lipinski definition) is 6. The summed E-state index contributed by atoms with van der Waals surface area (Å²) in [5.74, 6) is -0.0270. The monoisotopic (exact) mass is 411 g/mol. The molecule has 7 nitrogen and oxygen atoms in total. The highest BCUT2D eigenvalue weighted by Crippen LogP contribution is 2.22. The number of nitrogens with one attached hydrogen (secondary N) is 2. The van der Waals surface area contributed by atoms with Crippen molar-refractivity contribution in [2.24, 2.45) is 0 Å². The third-order valence-electron chi connectivity index (χ3n) is 4.37. The normalized spacial score (nSPS) is 11.6. The second-order valence-electron chi connectivity index (χ2n) is 6.56. The van der Waals surface area contributed by atoms with E-state index in [2.05, 4.69) is 15.2 Å². The largest absolute Gasteiger partial charge is 0.362 e. The van der Waals surface area contributed by atoms with Crippen LogP contribution in [0.1, 0.15) is 27.2 Å². The molecule has 0 aliphatic rings. The van der Waals surface area contributed by atoms with E-state index < -0.39 is 10.0 Å². The summed E-state index contributed by atoms with van der Waals surface area (Å²) in [6, 6.07) is 13.4. The van der Waals surface area contributed by atoms with Crippen LogP contribution in [0.25, 0.3) is 0 Å². The van der Waals surface area contributed by atoms with E-state index in [4.69, 9.17) is 4.52 Å². The van der Waals surface area contributed by atoms with Gasteiger partial charge >= 0.3 is 0 Å². The Kier molecular flexibility index (Phi) is 5.84. The smallest absolute Gasteiger partial charge is 0.264 e. The summed E-state index contributed by atoms with van der Waals surface area (Å²) < 4.78 is 32.3. The Balaban J connectivity index is 1.64. The summed E-state index contributed by atoms with van der Waals surface area (Å²) in [5.41, 5.74) is 3.58. The van der Waals surface area contributed by atoms with Crippen molar-refractivity contribution in [2.75, 3.05) is 10.0 Å². The number of benzene rings is 2. The van der Waals surface area contributed by atoms with Crippen LogP contribution in [0.3, 0.4) is 0 Å². The molecule has 1 heterocycles. The average Bonchev–Trinajstić information content (AvgIpc) is 3.00. The van der Waals surface area contributed by atoms with Crippen LogP contribution >= 0.6 is 0 Å². The zero-order valence-electron chi connectivity index (χ0n) is 16.3. The van der Waals surface area contributed by atoms with Crippen molar-refractivity contribution >= 4 is 27.4 Å².